The van der Waals surface area contributed by atoms with Gasteiger partial charge >= 0.3 is 0 Å². The van der Waals surface area contributed by atoms with Crippen molar-refractivity contribution in [2.45, 2.75) is 13.5 Å². The lowest BCUT2D eigenvalue weighted by atomic mass is 10.2. The highest BCUT2D eigenvalue weighted by atomic mass is 15.3. The summed E-state index contributed by atoms with van der Waals surface area (Å²) in [5.41, 5.74) is 2.39. The number of nitrogens with zero attached hydrogens (tertiary/aromatic N) is 5. The average Bonchev–Trinajstić information content (AvgIpc) is 2.62. The molecule has 1 saturated heterocycles. The predicted octanol–water partition coefficient (Wildman–Crippen LogP) is 2.08. The van der Waals surface area contributed by atoms with Crippen molar-refractivity contribution in [2.75, 3.05) is 63.6 Å². The number of aryl methyl sites for hydroxylation is 1. The number of piperazine rings is 1. The molecule has 2 heterocycles. The summed E-state index contributed by atoms with van der Waals surface area (Å²) in [6.45, 7) is 8.98. The SMILES string of the molecule is Cc1cc(N2CCN(Cc3ccccc3)CC2)nc(NCCN(C)C)n1. The van der Waals surface area contributed by atoms with Gasteiger partial charge in [0.25, 0.3) is 0 Å². The van der Waals surface area contributed by atoms with Crippen molar-refractivity contribution < 1.29 is 0 Å². The van der Waals surface area contributed by atoms with E-state index < -0.39 is 0 Å². The van der Waals surface area contributed by atoms with E-state index in [1.807, 2.05) is 6.92 Å². The van der Waals surface area contributed by atoms with Crippen LogP contribution in [0.15, 0.2) is 36.4 Å². The summed E-state index contributed by atoms with van der Waals surface area (Å²) in [5.74, 6) is 1.76. The van der Waals surface area contributed by atoms with Crippen molar-refractivity contribution >= 4 is 11.8 Å². The summed E-state index contributed by atoms with van der Waals surface area (Å²) in [6, 6.07) is 12.8. The van der Waals surface area contributed by atoms with E-state index in [4.69, 9.17) is 4.98 Å². The molecule has 1 aliphatic heterocycles. The number of nitrogens with one attached hydrogen (secondary N) is 1. The molecule has 6 heteroatoms. The Kier molecular flexibility index (Phi) is 6.41. The van der Waals surface area contributed by atoms with Crippen molar-refractivity contribution in [1.82, 2.24) is 19.8 Å². The van der Waals surface area contributed by atoms with Crippen LogP contribution in [0.1, 0.15) is 11.3 Å². The summed E-state index contributed by atoms with van der Waals surface area (Å²) in [6.07, 6.45) is 0. The number of hydrogen-bond donors (Lipinski definition) is 1. The van der Waals surface area contributed by atoms with Gasteiger partial charge in [-0.25, -0.2) is 4.98 Å². The Balaban J connectivity index is 1.56. The zero-order valence-corrected chi connectivity index (χ0v) is 16.1. The third kappa shape index (κ3) is 5.41. The molecule has 3 rings (SSSR count). The van der Waals surface area contributed by atoms with Crippen molar-refractivity contribution in [2.24, 2.45) is 0 Å². The van der Waals surface area contributed by atoms with E-state index in [9.17, 15) is 0 Å². The molecule has 0 saturated carbocycles. The Labute approximate surface area is 156 Å². The fourth-order valence-corrected chi connectivity index (χ4v) is 3.16. The van der Waals surface area contributed by atoms with E-state index in [2.05, 4.69) is 75.5 Å². The van der Waals surface area contributed by atoms with Crippen LogP contribution in [-0.4, -0.2) is 73.1 Å². The molecule has 0 radical (unpaired) electrons. The zero-order valence-electron chi connectivity index (χ0n) is 16.1. The normalized spacial score (nSPS) is 15.5. The van der Waals surface area contributed by atoms with Crippen LogP contribution >= 0.6 is 0 Å². The van der Waals surface area contributed by atoms with Gasteiger partial charge in [0.2, 0.25) is 5.95 Å². The summed E-state index contributed by atoms with van der Waals surface area (Å²) in [7, 11) is 4.14. The second-order valence-electron chi connectivity index (χ2n) is 7.17. The molecule has 1 aromatic carbocycles. The van der Waals surface area contributed by atoms with Crippen molar-refractivity contribution in [1.29, 1.82) is 0 Å². The smallest absolute Gasteiger partial charge is 0.224 e. The van der Waals surface area contributed by atoms with Gasteiger partial charge in [0.05, 0.1) is 0 Å². The molecule has 0 aliphatic carbocycles. The monoisotopic (exact) mass is 354 g/mol. The van der Waals surface area contributed by atoms with E-state index in [1.54, 1.807) is 0 Å². The second-order valence-corrected chi connectivity index (χ2v) is 7.17. The number of benzene rings is 1. The van der Waals surface area contributed by atoms with Crippen LogP contribution in [0.4, 0.5) is 11.8 Å². The third-order valence-corrected chi connectivity index (χ3v) is 4.63. The van der Waals surface area contributed by atoms with E-state index in [1.165, 1.54) is 5.56 Å². The number of anilines is 2. The van der Waals surface area contributed by atoms with Crippen molar-refractivity contribution in [3.63, 3.8) is 0 Å². The molecule has 2 aromatic rings. The maximum atomic E-state index is 4.73. The molecule has 140 valence electrons. The van der Waals surface area contributed by atoms with Crippen LogP contribution in [0, 0.1) is 6.92 Å². The minimum absolute atomic E-state index is 0.730. The lowest BCUT2D eigenvalue weighted by molar-refractivity contribution is 0.249. The molecule has 1 fully saturated rings. The highest BCUT2D eigenvalue weighted by Gasteiger charge is 2.19. The van der Waals surface area contributed by atoms with Gasteiger partial charge < -0.3 is 15.1 Å². The molecule has 0 atom stereocenters. The number of aromatic nitrogens is 2. The number of hydrogen-bond acceptors (Lipinski definition) is 6. The highest BCUT2D eigenvalue weighted by Crippen LogP contribution is 2.18. The van der Waals surface area contributed by atoms with Crippen LogP contribution in [0.2, 0.25) is 0 Å². The Hall–Kier alpha value is -2.18. The Bertz CT molecular complexity index is 680. The maximum absolute atomic E-state index is 4.73. The fraction of sp³-hybridized carbons (Fsp3) is 0.500. The molecule has 1 aromatic heterocycles. The first-order valence-corrected chi connectivity index (χ1v) is 9.35. The third-order valence-electron chi connectivity index (χ3n) is 4.63. The first kappa shape index (κ1) is 18.6. The lowest BCUT2D eigenvalue weighted by Crippen LogP contribution is -2.46. The summed E-state index contributed by atoms with van der Waals surface area (Å²) in [4.78, 5) is 16.3. The number of rotatable bonds is 7. The molecule has 0 spiro atoms. The molecule has 1 aliphatic rings. The predicted molar refractivity (Wildman–Crippen MR) is 108 cm³/mol. The molecule has 0 amide bonds. The minimum atomic E-state index is 0.730. The van der Waals surface area contributed by atoms with E-state index in [-0.39, 0.29) is 0 Å². The van der Waals surface area contributed by atoms with E-state index in [0.29, 0.717) is 0 Å². The van der Waals surface area contributed by atoms with Crippen molar-refractivity contribution in [3.05, 3.63) is 47.7 Å². The van der Waals surface area contributed by atoms with E-state index in [0.717, 1.165) is 63.3 Å². The van der Waals surface area contributed by atoms with Crippen LogP contribution in [0.5, 0.6) is 0 Å². The topological polar surface area (TPSA) is 47.5 Å². The largest absolute Gasteiger partial charge is 0.354 e. The molecule has 1 N–H and O–H groups in total. The van der Waals surface area contributed by atoms with Crippen molar-refractivity contribution in [3.8, 4) is 0 Å². The lowest BCUT2D eigenvalue weighted by Gasteiger charge is -2.35. The zero-order chi connectivity index (χ0) is 18.4. The first-order valence-electron chi connectivity index (χ1n) is 9.35. The highest BCUT2D eigenvalue weighted by molar-refractivity contribution is 5.45. The van der Waals surface area contributed by atoms with Crippen LogP contribution in [0.3, 0.4) is 0 Å². The quantitative estimate of drug-likeness (QED) is 0.821. The second kappa shape index (κ2) is 8.96. The van der Waals surface area contributed by atoms with E-state index >= 15 is 0 Å². The number of likely N-dealkylation sites (N-methyl/N-ethyl adjacent to an activating group) is 1. The van der Waals surface area contributed by atoms with Gasteiger partial charge in [-0.1, -0.05) is 30.3 Å². The van der Waals surface area contributed by atoms with Gasteiger partial charge in [-0.3, -0.25) is 4.90 Å². The average molecular weight is 355 g/mol. The molecular weight excluding hydrogens is 324 g/mol. The molecule has 26 heavy (non-hydrogen) atoms. The Morgan fingerprint density at radius 2 is 1.77 bits per heavy atom. The summed E-state index contributed by atoms with van der Waals surface area (Å²) >= 11 is 0. The van der Waals surface area contributed by atoms with Gasteiger partial charge in [0.1, 0.15) is 5.82 Å². The standard InChI is InChI=1S/C20H30N6/c1-17-15-19(23-20(22-17)21-9-10-24(2)3)26-13-11-25(12-14-26)16-18-7-5-4-6-8-18/h4-8,15H,9-14,16H2,1-3H3,(H,21,22,23). The molecule has 0 bridgehead atoms. The summed E-state index contributed by atoms with van der Waals surface area (Å²) in [5, 5.41) is 3.34. The molecule has 0 unspecified atom stereocenters. The van der Waals surface area contributed by atoms with Crippen LogP contribution in [-0.2, 0) is 6.54 Å². The van der Waals surface area contributed by atoms with Gasteiger partial charge in [0.15, 0.2) is 0 Å². The molecule has 6 nitrogen and oxygen atoms in total. The van der Waals surface area contributed by atoms with Crippen LogP contribution < -0.4 is 10.2 Å². The van der Waals surface area contributed by atoms with Gasteiger partial charge in [-0.05, 0) is 26.6 Å². The van der Waals surface area contributed by atoms with Gasteiger partial charge in [0, 0.05) is 57.6 Å². The Morgan fingerprint density at radius 1 is 1.04 bits per heavy atom. The Morgan fingerprint density at radius 3 is 2.46 bits per heavy atom. The minimum Gasteiger partial charge on any atom is -0.354 e. The first-order chi connectivity index (χ1) is 12.6. The van der Waals surface area contributed by atoms with Gasteiger partial charge in [-0.15, -0.1) is 0 Å². The van der Waals surface area contributed by atoms with Crippen LogP contribution in [0.25, 0.3) is 0 Å². The van der Waals surface area contributed by atoms with Gasteiger partial charge in [-0.2, -0.15) is 4.98 Å². The maximum Gasteiger partial charge on any atom is 0.224 e. The fourth-order valence-electron chi connectivity index (χ4n) is 3.16. The molecular formula is C20H30N6. The summed E-state index contributed by atoms with van der Waals surface area (Å²) < 4.78 is 0.